The molecule has 3 nitrogen and oxygen atoms in total. The van der Waals surface area contributed by atoms with Gasteiger partial charge in [0.1, 0.15) is 10.0 Å². The molecule has 0 bridgehead atoms. The molecule has 0 saturated heterocycles. The molecule has 0 radical (unpaired) electrons. The molecule has 0 atom stereocenters. The van der Waals surface area contributed by atoms with E-state index in [0.29, 0.717) is 6.04 Å². The Kier molecular flexibility index (Phi) is 5.50. The summed E-state index contributed by atoms with van der Waals surface area (Å²) in [5, 5.41) is 13.9. The van der Waals surface area contributed by atoms with Crippen LogP contribution in [0, 0.1) is 0 Å². The molecule has 2 rings (SSSR count). The smallest absolute Gasteiger partial charge is 0.148 e. The fraction of sp³-hybridized carbons (Fsp3) is 0.385. The lowest BCUT2D eigenvalue weighted by Gasteiger charge is -2.05. The van der Waals surface area contributed by atoms with Crippen molar-refractivity contribution < 1.29 is 0 Å². The first-order chi connectivity index (χ1) is 9.06. The summed E-state index contributed by atoms with van der Waals surface area (Å²) in [6.07, 6.45) is 0.918. The van der Waals surface area contributed by atoms with Crippen LogP contribution in [0.4, 0.5) is 0 Å². The van der Waals surface area contributed by atoms with E-state index in [1.54, 1.807) is 11.3 Å². The second-order valence-electron chi connectivity index (χ2n) is 4.48. The molecular weight excluding hydrogens is 390 g/mol. The standard InChI is InChI=1S/C13H15Br2N3S/c1-8(2)16-6-5-12-17-18-13(19-12)10-7-9(14)3-4-11(10)15/h3-4,7-8,16H,5-6H2,1-2H3. The van der Waals surface area contributed by atoms with Crippen LogP contribution in [0.2, 0.25) is 0 Å². The quantitative estimate of drug-likeness (QED) is 0.808. The van der Waals surface area contributed by atoms with Crippen molar-refractivity contribution in [1.29, 1.82) is 0 Å². The second-order valence-corrected chi connectivity index (χ2v) is 7.32. The maximum Gasteiger partial charge on any atom is 0.148 e. The number of rotatable bonds is 5. The maximum absolute atomic E-state index is 4.28. The molecule has 1 aromatic carbocycles. The largest absolute Gasteiger partial charge is 0.314 e. The van der Waals surface area contributed by atoms with Crippen LogP contribution in [-0.4, -0.2) is 22.8 Å². The van der Waals surface area contributed by atoms with E-state index in [0.717, 1.165) is 37.5 Å². The number of aromatic nitrogens is 2. The molecule has 1 N–H and O–H groups in total. The molecule has 0 aliphatic rings. The highest BCUT2D eigenvalue weighted by molar-refractivity contribution is 9.11. The second kappa shape index (κ2) is 6.92. The van der Waals surface area contributed by atoms with Crippen LogP contribution in [-0.2, 0) is 6.42 Å². The Hall–Kier alpha value is -0.300. The lowest BCUT2D eigenvalue weighted by molar-refractivity contribution is 0.588. The van der Waals surface area contributed by atoms with Gasteiger partial charge in [-0.05, 0) is 18.2 Å². The Balaban J connectivity index is 2.10. The van der Waals surface area contributed by atoms with E-state index in [-0.39, 0.29) is 0 Å². The van der Waals surface area contributed by atoms with Crippen LogP contribution >= 0.6 is 43.2 Å². The Morgan fingerprint density at radius 3 is 2.79 bits per heavy atom. The number of hydrogen-bond acceptors (Lipinski definition) is 4. The van der Waals surface area contributed by atoms with Gasteiger partial charge in [0.25, 0.3) is 0 Å². The van der Waals surface area contributed by atoms with Gasteiger partial charge in [-0.1, -0.05) is 57.0 Å². The Morgan fingerprint density at radius 1 is 1.26 bits per heavy atom. The third kappa shape index (κ3) is 4.34. The van der Waals surface area contributed by atoms with Crippen molar-refractivity contribution in [2.45, 2.75) is 26.3 Å². The fourth-order valence-corrected chi connectivity index (χ4v) is 3.39. The summed E-state index contributed by atoms with van der Waals surface area (Å²) in [6.45, 7) is 5.22. The van der Waals surface area contributed by atoms with Gasteiger partial charge < -0.3 is 5.32 Å². The number of hydrogen-bond donors (Lipinski definition) is 1. The molecule has 2 aromatic rings. The maximum atomic E-state index is 4.28. The summed E-state index contributed by atoms with van der Waals surface area (Å²) in [7, 11) is 0. The van der Waals surface area contributed by atoms with Gasteiger partial charge in [-0.2, -0.15) is 0 Å². The third-order valence-electron chi connectivity index (χ3n) is 2.52. The van der Waals surface area contributed by atoms with E-state index >= 15 is 0 Å². The monoisotopic (exact) mass is 403 g/mol. The number of nitrogens with zero attached hydrogens (tertiary/aromatic N) is 2. The van der Waals surface area contributed by atoms with Crippen molar-refractivity contribution >= 4 is 43.2 Å². The van der Waals surface area contributed by atoms with Crippen LogP contribution in [0.3, 0.4) is 0 Å². The minimum absolute atomic E-state index is 0.506. The molecule has 19 heavy (non-hydrogen) atoms. The van der Waals surface area contributed by atoms with Crippen molar-refractivity contribution in [3.63, 3.8) is 0 Å². The predicted molar refractivity (Wildman–Crippen MR) is 87.6 cm³/mol. The van der Waals surface area contributed by atoms with Crippen LogP contribution in [0.15, 0.2) is 27.1 Å². The van der Waals surface area contributed by atoms with Crippen LogP contribution < -0.4 is 5.32 Å². The zero-order chi connectivity index (χ0) is 13.8. The molecule has 0 unspecified atom stereocenters. The first-order valence-electron chi connectivity index (χ1n) is 6.07. The van der Waals surface area contributed by atoms with Crippen molar-refractivity contribution in [1.82, 2.24) is 15.5 Å². The van der Waals surface area contributed by atoms with Crippen molar-refractivity contribution in [2.24, 2.45) is 0 Å². The fourth-order valence-electron chi connectivity index (χ4n) is 1.59. The van der Waals surface area contributed by atoms with E-state index in [9.17, 15) is 0 Å². The average Bonchev–Trinajstić information content (AvgIpc) is 2.80. The zero-order valence-corrected chi connectivity index (χ0v) is 14.8. The van der Waals surface area contributed by atoms with Gasteiger partial charge in [0, 0.05) is 33.5 Å². The van der Waals surface area contributed by atoms with E-state index in [1.165, 1.54) is 0 Å². The Bertz CT molecular complexity index is 555. The summed E-state index contributed by atoms with van der Waals surface area (Å²) in [4.78, 5) is 0. The van der Waals surface area contributed by atoms with Gasteiger partial charge in [0.05, 0.1) is 0 Å². The molecule has 0 spiro atoms. The number of halogens is 2. The molecule has 0 fully saturated rings. The summed E-state index contributed by atoms with van der Waals surface area (Å²) >= 11 is 8.69. The number of nitrogens with one attached hydrogen (secondary N) is 1. The molecule has 0 aliphatic heterocycles. The Morgan fingerprint density at radius 2 is 2.05 bits per heavy atom. The summed E-state index contributed by atoms with van der Waals surface area (Å²) in [5.74, 6) is 0. The lowest BCUT2D eigenvalue weighted by Crippen LogP contribution is -2.24. The van der Waals surface area contributed by atoms with Crippen molar-refractivity contribution in [3.8, 4) is 10.6 Å². The van der Waals surface area contributed by atoms with Crippen LogP contribution in [0.1, 0.15) is 18.9 Å². The highest BCUT2D eigenvalue weighted by Gasteiger charge is 2.10. The minimum atomic E-state index is 0.506. The Labute approximate surface area is 134 Å². The topological polar surface area (TPSA) is 37.8 Å². The van der Waals surface area contributed by atoms with Gasteiger partial charge >= 0.3 is 0 Å². The molecule has 1 aromatic heterocycles. The summed E-state index contributed by atoms with van der Waals surface area (Å²) < 4.78 is 2.09. The van der Waals surface area contributed by atoms with Crippen molar-refractivity contribution in [3.05, 3.63) is 32.2 Å². The highest BCUT2D eigenvalue weighted by Crippen LogP contribution is 2.32. The molecular formula is C13H15Br2N3S. The normalized spacial score (nSPS) is 11.2. The molecule has 0 saturated carbocycles. The van der Waals surface area contributed by atoms with Crippen molar-refractivity contribution in [2.75, 3.05) is 6.54 Å². The summed E-state index contributed by atoms with van der Waals surface area (Å²) in [6, 6.07) is 6.58. The first-order valence-corrected chi connectivity index (χ1v) is 8.47. The molecule has 6 heteroatoms. The lowest BCUT2D eigenvalue weighted by atomic mass is 10.2. The van der Waals surface area contributed by atoms with E-state index in [2.05, 4.69) is 67.3 Å². The van der Waals surface area contributed by atoms with Crippen LogP contribution in [0.5, 0.6) is 0 Å². The SMILES string of the molecule is CC(C)NCCc1nnc(-c2cc(Br)ccc2Br)s1. The van der Waals surface area contributed by atoms with E-state index < -0.39 is 0 Å². The molecule has 102 valence electrons. The van der Waals surface area contributed by atoms with E-state index in [1.807, 2.05) is 12.1 Å². The highest BCUT2D eigenvalue weighted by atomic mass is 79.9. The van der Waals surface area contributed by atoms with E-state index in [4.69, 9.17) is 0 Å². The van der Waals surface area contributed by atoms with Gasteiger partial charge in [-0.15, -0.1) is 10.2 Å². The molecule has 1 heterocycles. The first kappa shape index (κ1) is 15.1. The minimum Gasteiger partial charge on any atom is -0.314 e. The third-order valence-corrected chi connectivity index (χ3v) is 4.72. The molecule has 0 aliphatic carbocycles. The summed E-state index contributed by atoms with van der Waals surface area (Å²) in [5.41, 5.74) is 1.08. The predicted octanol–water partition coefficient (Wildman–Crippen LogP) is 4.27. The zero-order valence-electron chi connectivity index (χ0n) is 10.8. The number of benzene rings is 1. The van der Waals surface area contributed by atoms with Gasteiger partial charge in [0.2, 0.25) is 0 Å². The van der Waals surface area contributed by atoms with Gasteiger partial charge in [-0.25, -0.2) is 0 Å². The van der Waals surface area contributed by atoms with Crippen LogP contribution in [0.25, 0.3) is 10.6 Å². The molecule has 0 amide bonds. The van der Waals surface area contributed by atoms with Gasteiger partial charge in [0.15, 0.2) is 0 Å². The average molecular weight is 405 g/mol. The van der Waals surface area contributed by atoms with Gasteiger partial charge in [-0.3, -0.25) is 0 Å².